The van der Waals surface area contributed by atoms with Gasteiger partial charge in [-0.1, -0.05) is 11.6 Å². The molecule has 4 N–H and O–H groups in total. The van der Waals surface area contributed by atoms with Gasteiger partial charge in [0.15, 0.2) is 0 Å². The maximum Gasteiger partial charge on any atom is 0.0637 e. The molecule has 68 valence electrons. The molecule has 1 aromatic rings. The van der Waals surface area contributed by atoms with Crippen molar-refractivity contribution < 1.29 is 0 Å². The van der Waals surface area contributed by atoms with E-state index in [0.717, 1.165) is 5.56 Å². The zero-order valence-electron chi connectivity index (χ0n) is 6.40. The van der Waals surface area contributed by atoms with Crippen molar-refractivity contribution in [1.82, 2.24) is 4.98 Å². The van der Waals surface area contributed by atoms with Crippen LogP contribution in [0.2, 0.25) is 5.02 Å². The lowest BCUT2D eigenvalue weighted by atomic mass is 10.1. The monoisotopic (exact) mass is 207 g/mol. The highest BCUT2D eigenvalue weighted by molar-refractivity contribution is 6.31. The lowest BCUT2D eigenvalue weighted by Crippen LogP contribution is -2.21. The van der Waals surface area contributed by atoms with E-state index < -0.39 is 0 Å². The zero-order chi connectivity index (χ0) is 8.27. The van der Waals surface area contributed by atoms with Crippen LogP contribution in [0.25, 0.3) is 0 Å². The topological polar surface area (TPSA) is 64.9 Å². The molecule has 5 heteroatoms. The average Bonchev–Trinajstić information content (AvgIpc) is 2.04. The Morgan fingerprint density at radius 1 is 1.58 bits per heavy atom. The first kappa shape index (κ1) is 11.6. The van der Waals surface area contributed by atoms with Crippen LogP contribution in [-0.4, -0.2) is 11.5 Å². The van der Waals surface area contributed by atoms with Gasteiger partial charge < -0.3 is 11.5 Å². The fraction of sp³-hybridized carbons (Fsp3) is 0.286. The summed E-state index contributed by atoms with van der Waals surface area (Å²) in [5.41, 5.74) is 11.9. The molecule has 0 bridgehead atoms. The van der Waals surface area contributed by atoms with E-state index in [2.05, 4.69) is 4.98 Å². The van der Waals surface area contributed by atoms with Gasteiger partial charge in [-0.05, 0) is 11.6 Å². The van der Waals surface area contributed by atoms with Gasteiger partial charge in [0.25, 0.3) is 0 Å². The quantitative estimate of drug-likeness (QED) is 0.765. The van der Waals surface area contributed by atoms with Crippen molar-refractivity contribution in [3.05, 3.63) is 29.0 Å². The van der Waals surface area contributed by atoms with Gasteiger partial charge in [0.1, 0.15) is 0 Å². The normalized spacial score (nSPS) is 11.9. The molecule has 0 aliphatic rings. The van der Waals surface area contributed by atoms with Crippen molar-refractivity contribution in [2.45, 2.75) is 6.04 Å². The molecule has 1 atom stereocenters. The Balaban J connectivity index is 0.00000121. The number of nitrogens with two attached hydrogens (primary N) is 2. The summed E-state index contributed by atoms with van der Waals surface area (Å²) in [5.74, 6) is 0. The standard InChI is InChI=1S/C7H10ClN3.ClH/c8-6-4-11-2-1-5(6)7(10)3-9;/h1-2,4,7H,3,9-10H2;1H/t7-;/m1./s1. The van der Waals surface area contributed by atoms with Crippen LogP contribution >= 0.6 is 24.0 Å². The number of aromatic nitrogens is 1. The molecular formula is C7H11Cl2N3. The molecule has 3 nitrogen and oxygen atoms in total. The van der Waals surface area contributed by atoms with Gasteiger partial charge in [0.05, 0.1) is 5.02 Å². The predicted octanol–water partition coefficient (Wildman–Crippen LogP) is 1.12. The van der Waals surface area contributed by atoms with Crippen molar-refractivity contribution in [3.8, 4) is 0 Å². The third-order valence-electron chi connectivity index (χ3n) is 1.46. The summed E-state index contributed by atoms with van der Waals surface area (Å²) >= 11 is 5.80. The molecule has 0 amide bonds. The molecule has 0 aromatic carbocycles. The second kappa shape index (κ2) is 5.32. The molecule has 1 rings (SSSR count). The molecule has 12 heavy (non-hydrogen) atoms. The molecule has 0 fully saturated rings. The molecule has 0 aliphatic heterocycles. The highest BCUT2D eigenvalue weighted by atomic mass is 35.5. The first-order chi connectivity index (χ1) is 5.25. The van der Waals surface area contributed by atoms with Crippen LogP contribution in [0.3, 0.4) is 0 Å². The van der Waals surface area contributed by atoms with Gasteiger partial charge in [-0.25, -0.2) is 0 Å². The molecule has 0 spiro atoms. The summed E-state index contributed by atoms with van der Waals surface area (Å²) in [6, 6.07) is 1.59. The second-order valence-electron chi connectivity index (χ2n) is 2.24. The maximum atomic E-state index is 5.80. The van der Waals surface area contributed by atoms with Crippen LogP contribution in [0.5, 0.6) is 0 Å². The summed E-state index contributed by atoms with van der Waals surface area (Å²) in [4.78, 5) is 3.83. The van der Waals surface area contributed by atoms with Crippen LogP contribution in [0.1, 0.15) is 11.6 Å². The van der Waals surface area contributed by atoms with E-state index in [1.165, 1.54) is 0 Å². The fourth-order valence-electron chi connectivity index (χ4n) is 0.814. The Morgan fingerprint density at radius 2 is 2.25 bits per heavy atom. The van der Waals surface area contributed by atoms with Crippen LogP contribution in [0, 0.1) is 0 Å². The fourth-order valence-corrected chi connectivity index (χ4v) is 1.07. The van der Waals surface area contributed by atoms with E-state index >= 15 is 0 Å². The summed E-state index contributed by atoms with van der Waals surface area (Å²) < 4.78 is 0. The van der Waals surface area contributed by atoms with Gasteiger partial charge >= 0.3 is 0 Å². The predicted molar refractivity (Wildman–Crippen MR) is 52.5 cm³/mol. The first-order valence-corrected chi connectivity index (χ1v) is 3.68. The number of hydrogen-bond donors (Lipinski definition) is 2. The molecule has 0 aliphatic carbocycles. The number of halogens is 2. The molecule has 0 radical (unpaired) electrons. The number of hydrogen-bond acceptors (Lipinski definition) is 3. The number of nitrogens with zero attached hydrogens (tertiary/aromatic N) is 1. The molecular weight excluding hydrogens is 197 g/mol. The van der Waals surface area contributed by atoms with Crippen molar-refractivity contribution in [1.29, 1.82) is 0 Å². The molecule has 0 saturated carbocycles. The Labute approximate surface area is 82.5 Å². The van der Waals surface area contributed by atoms with E-state index in [9.17, 15) is 0 Å². The summed E-state index contributed by atoms with van der Waals surface area (Å²) in [6.07, 6.45) is 3.21. The van der Waals surface area contributed by atoms with Crippen LogP contribution in [0.4, 0.5) is 0 Å². The van der Waals surface area contributed by atoms with Gasteiger partial charge in [0.2, 0.25) is 0 Å². The third-order valence-corrected chi connectivity index (χ3v) is 1.77. The lowest BCUT2D eigenvalue weighted by Gasteiger charge is -2.09. The third kappa shape index (κ3) is 2.60. The van der Waals surface area contributed by atoms with E-state index in [1.807, 2.05) is 0 Å². The first-order valence-electron chi connectivity index (χ1n) is 3.30. The Bertz CT molecular complexity index is 242. The van der Waals surface area contributed by atoms with E-state index in [0.29, 0.717) is 11.6 Å². The largest absolute Gasteiger partial charge is 0.329 e. The summed E-state index contributed by atoms with van der Waals surface area (Å²) in [6.45, 7) is 0.393. The van der Waals surface area contributed by atoms with Gasteiger partial charge in [-0.2, -0.15) is 0 Å². The molecule has 0 saturated heterocycles. The Kier molecular flexibility index (Phi) is 5.17. The minimum Gasteiger partial charge on any atom is -0.329 e. The van der Waals surface area contributed by atoms with Crippen molar-refractivity contribution >= 4 is 24.0 Å². The van der Waals surface area contributed by atoms with Gasteiger partial charge in [0, 0.05) is 25.0 Å². The highest BCUT2D eigenvalue weighted by Crippen LogP contribution is 2.18. The van der Waals surface area contributed by atoms with Crippen LogP contribution in [0.15, 0.2) is 18.5 Å². The lowest BCUT2D eigenvalue weighted by molar-refractivity contribution is 0.736. The Hall–Kier alpha value is -0.350. The molecule has 0 unspecified atom stereocenters. The number of pyridine rings is 1. The summed E-state index contributed by atoms with van der Waals surface area (Å²) in [7, 11) is 0. The summed E-state index contributed by atoms with van der Waals surface area (Å²) in [5, 5.41) is 0.574. The number of rotatable bonds is 2. The smallest absolute Gasteiger partial charge is 0.0637 e. The highest BCUT2D eigenvalue weighted by Gasteiger charge is 2.06. The van der Waals surface area contributed by atoms with Gasteiger partial charge in [-0.3, -0.25) is 4.98 Å². The minimum absolute atomic E-state index is 0. The second-order valence-corrected chi connectivity index (χ2v) is 2.65. The van der Waals surface area contributed by atoms with Crippen molar-refractivity contribution in [2.75, 3.05) is 6.54 Å². The van der Waals surface area contributed by atoms with E-state index in [-0.39, 0.29) is 18.4 Å². The Morgan fingerprint density at radius 3 is 2.75 bits per heavy atom. The zero-order valence-corrected chi connectivity index (χ0v) is 7.98. The minimum atomic E-state index is -0.189. The maximum absolute atomic E-state index is 5.80. The van der Waals surface area contributed by atoms with Gasteiger partial charge in [-0.15, -0.1) is 12.4 Å². The molecule has 1 heterocycles. The van der Waals surface area contributed by atoms with Crippen LogP contribution < -0.4 is 11.5 Å². The van der Waals surface area contributed by atoms with Crippen LogP contribution in [-0.2, 0) is 0 Å². The average molecular weight is 208 g/mol. The molecule has 1 aromatic heterocycles. The van der Waals surface area contributed by atoms with Crippen molar-refractivity contribution in [3.63, 3.8) is 0 Å². The SMILES string of the molecule is Cl.NC[C@@H](N)c1ccncc1Cl. The van der Waals surface area contributed by atoms with E-state index in [1.54, 1.807) is 18.5 Å². The van der Waals surface area contributed by atoms with E-state index in [4.69, 9.17) is 23.1 Å². The van der Waals surface area contributed by atoms with Crippen molar-refractivity contribution in [2.24, 2.45) is 11.5 Å².